The molecule has 1 heterocycles. The number of fused-ring (bicyclic) bond motifs is 1. The van der Waals surface area contributed by atoms with Crippen molar-refractivity contribution in [3.05, 3.63) is 100 Å². The smallest absolute Gasteiger partial charge is 0.259 e. The van der Waals surface area contributed by atoms with Crippen molar-refractivity contribution < 1.29 is 4.74 Å². The number of ether oxygens (including phenoxy) is 1. The lowest BCUT2D eigenvalue weighted by molar-refractivity contribution is 0.318. The molecule has 0 atom stereocenters. The Morgan fingerprint density at radius 1 is 1.00 bits per heavy atom. The maximum Gasteiger partial charge on any atom is 0.259 e. The van der Waals surface area contributed by atoms with E-state index in [4.69, 9.17) is 9.72 Å². The fraction of sp³-hybridized carbons (Fsp3) is 0.214. The molecule has 0 saturated carbocycles. The molecule has 0 spiro atoms. The van der Waals surface area contributed by atoms with Crippen molar-refractivity contribution in [2.45, 2.75) is 33.1 Å². The zero-order valence-electron chi connectivity index (χ0n) is 18.6. The van der Waals surface area contributed by atoms with Crippen molar-refractivity contribution >= 4 is 16.5 Å². The van der Waals surface area contributed by atoms with Crippen molar-refractivity contribution in [2.24, 2.45) is 0 Å². The van der Waals surface area contributed by atoms with E-state index >= 15 is 0 Å². The molecule has 4 heteroatoms. The molecule has 32 heavy (non-hydrogen) atoms. The third-order valence-electron chi connectivity index (χ3n) is 5.49. The van der Waals surface area contributed by atoms with Crippen LogP contribution >= 0.6 is 0 Å². The first kappa shape index (κ1) is 21.6. The fourth-order valence-corrected chi connectivity index (χ4v) is 3.82. The second-order valence-electron chi connectivity index (χ2n) is 7.87. The zero-order valence-corrected chi connectivity index (χ0v) is 18.6. The van der Waals surface area contributed by atoms with Gasteiger partial charge in [-0.05, 0) is 55.5 Å². The highest BCUT2D eigenvalue weighted by atomic mass is 16.5. The minimum Gasteiger partial charge on any atom is -0.493 e. The highest BCUT2D eigenvalue weighted by molar-refractivity contribution is 5.91. The van der Waals surface area contributed by atoms with Gasteiger partial charge in [-0.25, -0.2) is 4.98 Å². The van der Waals surface area contributed by atoms with Crippen LogP contribution in [0.4, 0.5) is 0 Å². The van der Waals surface area contributed by atoms with Crippen LogP contribution < -0.4 is 10.3 Å². The van der Waals surface area contributed by atoms with Gasteiger partial charge in [0.2, 0.25) is 0 Å². The molecule has 1 aromatic heterocycles. The van der Waals surface area contributed by atoms with E-state index in [1.165, 1.54) is 5.56 Å². The number of nitrogens with zero attached hydrogens (tertiary/aromatic N) is 1. The lowest BCUT2D eigenvalue weighted by Gasteiger charge is -2.12. The van der Waals surface area contributed by atoms with E-state index in [9.17, 15) is 4.79 Å². The summed E-state index contributed by atoms with van der Waals surface area (Å²) in [7, 11) is 0. The molecule has 4 nitrogen and oxygen atoms in total. The predicted octanol–water partition coefficient (Wildman–Crippen LogP) is 6.42. The van der Waals surface area contributed by atoms with Crippen molar-refractivity contribution in [2.75, 3.05) is 6.61 Å². The van der Waals surface area contributed by atoms with Crippen molar-refractivity contribution in [1.82, 2.24) is 9.97 Å². The van der Waals surface area contributed by atoms with E-state index < -0.39 is 0 Å². The van der Waals surface area contributed by atoms with E-state index in [0.717, 1.165) is 41.7 Å². The van der Waals surface area contributed by atoms with E-state index in [2.05, 4.69) is 49.2 Å². The summed E-state index contributed by atoms with van der Waals surface area (Å²) >= 11 is 0. The van der Waals surface area contributed by atoms with Crippen LogP contribution in [0.5, 0.6) is 5.75 Å². The monoisotopic (exact) mass is 424 g/mol. The molecule has 3 aromatic carbocycles. The molecule has 162 valence electrons. The fourth-order valence-electron chi connectivity index (χ4n) is 3.82. The number of aryl methyl sites for hydroxylation is 1. The van der Waals surface area contributed by atoms with Gasteiger partial charge in [0.05, 0.1) is 23.1 Å². The summed E-state index contributed by atoms with van der Waals surface area (Å²) in [5, 5.41) is 0.592. The summed E-state index contributed by atoms with van der Waals surface area (Å²) in [6.07, 6.45) is 5.04. The Kier molecular flexibility index (Phi) is 6.81. The van der Waals surface area contributed by atoms with Gasteiger partial charge in [0.15, 0.2) is 0 Å². The van der Waals surface area contributed by atoms with Crippen molar-refractivity contribution in [3.63, 3.8) is 0 Å². The predicted molar refractivity (Wildman–Crippen MR) is 132 cm³/mol. The standard InChI is InChI=1S/C28H28N2O2/c1-3-19-32-25-18-8-7-15-23(25)27-29-26-22(16-10-17-24(26)28(31)30-27)20(2)11-9-14-21-12-5-4-6-13-21/h4-8,10-13,15-18H,3,9,14,19H2,1-2H3,(H,29,30,31)/b20-11+. The van der Waals surface area contributed by atoms with Crippen LogP contribution in [0.3, 0.4) is 0 Å². The second kappa shape index (κ2) is 10.1. The average Bonchev–Trinajstić information content (AvgIpc) is 2.83. The van der Waals surface area contributed by atoms with Crippen LogP contribution in [0.15, 0.2) is 83.7 Å². The quantitative estimate of drug-likeness (QED) is 0.355. The Labute approximate surface area is 188 Å². The molecular weight excluding hydrogens is 396 g/mol. The number of allylic oxidation sites excluding steroid dienone is 2. The number of aromatic amines is 1. The Morgan fingerprint density at radius 3 is 2.59 bits per heavy atom. The Balaban J connectivity index is 1.72. The van der Waals surface area contributed by atoms with E-state index in [0.29, 0.717) is 23.3 Å². The van der Waals surface area contributed by atoms with E-state index in [1.807, 2.05) is 48.5 Å². The largest absolute Gasteiger partial charge is 0.493 e. The van der Waals surface area contributed by atoms with Gasteiger partial charge in [-0.3, -0.25) is 4.79 Å². The van der Waals surface area contributed by atoms with Crippen LogP contribution in [0.2, 0.25) is 0 Å². The van der Waals surface area contributed by atoms with Crippen LogP contribution in [-0.2, 0) is 6.42 Å². The lowest BCUT2D eigenvalue weighted by Crippen LogP contribution is -2.11. The molecule has 0 radical (unpaired) electrons. The lowest BCUT2D eigenvalue weighted by atomic mass is 10.0. The summed E-state index contributed by atoms with van der Waals surface area (Å²) in [5.74, 6) is 1.25. The number of aromatic nitrogens is 2. The van der Waals surface area contributed by atoms with Crippen LogP contribution in [0.1, 0.15) is 37.8 Å². The van der Waals surface area contributed by atoms with E-state index in [1.54, 1.807) is 0 Å². The van der Waals surface area contributed by atoms with Crippen LogP contribution in [0, 0.1) is 0 Å². The van der Waals surface area contributed by atoms with Gasteiger partial charge in [0.25, 0.3) is 5.56 Å². The number of H-pyrrole nitrogens is 1. The number of nitrogens with one attached hydrogen (secondary N) is 1. The van der Waals surface area contributed by atoms with Gasteiger partial charge in [0, 0.05) is 5.56 Å². The van der Waals surface area contributed by atoms with Crippen molar-refractivity contribution in [3.8, 4) is 17.1 Å². The molecule has 0 aliphatic rings. The second-order valence-corrected chi connectivity index (χ2v) is 7.87. The molecular formula is C28H28N2O2. The highest BCUT2D eigenvalue weighted by Gasteiger charge is 2.13. The summed E-state index contributed by atoms with van der Waals surface area (Å²) in [6.45, 7) is 4.77. The SMILES string of the molecule is CCCOc1ccccc1-c1nc2c(/C(C)=C/CCc3ccccc3)cccc2c(=O)[nH]1. The topological polar surface area (TPSA) is 55.0 Å². The molecule has 4 rings (SSSR count). The summed E-state index contributed by atoms with van der Waals surface area (Å²) in [6, 6.07) is 23.9. The average molecular weight is 425 g/mol. The van der Waals surface area contributed by atoms with Gasteiger partial charge in [-0.2, -0.15) is 0 Å². The Hall–Kier alpha value is -3.66. The van der Waals surface area contributed by atoms with Gasteiger partial charge in [-0.1, -0.05) is 67.6 Å². The molecule has 0 aliphatic heterocycles. The highest BCUT2D eigenvalue weighted by Crippen LogP contribution is 2.29. The first-order chi connectivity index (χ1) is 15.7. The Morgan fingerprint density at radius 2 is 1.78 bits per heavy atom. The number of para-hydroxylation sites is 2. The maximum atomic E-state index is 12.9. The van der Waals surface area contributed by atoms with Crippen LogP contribution in [-0.4, -0.2) is 16.6 Å². The minimum atomic E-state index is -0.144. The first-order valence-electron chi connectivity index (χ1n) is 11.1. The summed E-state index contributed by atoms with van der Waals surface area (Å²) in [4.78, 5) is 20.8. The molecule has 0 amide bonds. The van der Waals surface area contributed by atoms with Gasteiger partial charge in [0.1, 0.15) is 11.6 Å². The van der Waals surface area contributed by atoms with Gasteiger partial charge < -0.3 is 9.72 Å². The molecule has 0 unspecified atom stereocenters. The summed E-state index contributed by atoms with van der Waals surface area (Å²) < 4.78 is 5.89. The number of hydrogen-bond acceptors (Lipinski definition) is 3. The number of benzene rings is 3. The third kappa shape index (κ3) is 4.80. The summed E-state index contributed by atoms with van der Waals surface area (Å²) in [5.41, 5.74) is 4.77. The normalized spacial score (nSPS) is 11.6. The molecule has 0 fully saturated rings. The third-order valence-corrected chi connectivity index (χ3v) is 5.49. The van der Waals surface area contributed by atoms with Crippen LogP contribution in [0.25, 0.3) is 27.9 Å². The van der Waals surface area contributed by atoms with Gasteiger partial charge >= 0.3 is 0 Å². The molecule has 4 aromatic rings. The van der Waals surface area contributed by atoms with E-state index in [-0.39, 0.29) is 5.56 Å². The zero-order chi connectivity index (χ0) is 22.3. The molecule has 0 aliphatic carbocycles. The molecule has 0 bridgehead atoms. The first-order valence-corrected chi connectivity index (χ1v) is 11.1. The number of hydrogen-bond donors (Lipinski definition) is 1. The van der Waals surface area contributed by atoms with Crippen molar-refractivity contribution in [1.29, 1.82) is 0 Å². The number of rotatable bonds is 8. The maximum absolute atomic E-state index is 12.9. The minimum absolute atomic E-state index is 0.144. The molecule has 1 N–H and O–H groups in total. The van der Waals surface area contributed by atoms with Gasteiger partial charge in [-0.15, -0.1) is 0 Å². The Bertz CT molecular complexity index is 1290. The molecule has 0 saturated heterocycles.